The van der Waals surface area contributed by atoms with Crippen molar-refractivity contribution in [3.63, 3.8) is 0 Å². The summed E-state index contributed by atoms with van der Waals surface area (Å²) in [4.78, 5) is 18.3. The lowest BCUT2D eigenvalue weighted by molar-refractivity contribution is -0.274. The number of carbonyl (C=O) groups excluding carboxylic acids is 1. The fourth-order valence-electron chi connectivity index (χ4n) is 4.28. The van der Waals surface area contributed by atoms with Crippen LogP contribution in [-0.4, -0.2) is 44.1 Å². The minimum atomic E-state index is -4.87. The smallest absolute Gasteiger partial charge is 0.406 e. The van der Waals surface area contributed by atoms with Crippen molar-refractivity contribution < 1.29 is 31.1 Å². The van der Waals surface area contributed by atoms with Crippen LogP contribution in [0.5, 0.6) is 5.75 Å². The minimum Gasteiger partial charge on any atom is -0.406 e. The number of anilines is 1. The number of benzene rings is 1. The number of carbonyl (C=O) groups is 1. The van der Waals surface area contributed by atoms with Crippen molar-refractivity contribution in [3.8, 4) is 5.75 Å². The SMILES string of the molecule is O=C1N(c2ccc(OC(F)(F)F)cc2)C(S(=O)(=O)c2cnccc2Cl)CC12CCNCC2. The van der Waals surface area contributed by atoms with Crippen LogP contribution in [0, 0.1) is 5.41 Å². The first-order valence-electron chi connectivity index (χ1n) is 9.77. The largest absolute Gasteiger partial charge is 0.573 e. The van der Waals surface area contributed by atoms with Gasteiger partial charge in [0.25, 0.3) is 0 Å². The Labute approximate surface area is 187 Å². The standard InChI is InChI=1S/C20H19ClF3N3O4S/c21-15-5-8-26-12-16(15)32(29,30)17-11-19(6-9-25-10-7-19)18(28)27(17)13-1-3-14(4-2-13)31-20(22,23)24/h1-5,8,12,17,25H,6-7,9-11H2. The Hall–Kier alpha value is -2.37. The molecule has 1 unspecified atom stereocenters. The summed E-state index contributed by atoms with van der Waals surface area (Å²) >= 11 is 6.12. The summed E-state index contributed by atoms with van der Waals surface area (Å²) in [6.45, 7) is 1.11. The summed E-state index contributed by atoms with van der Waals surface area (Å²) in [5.41, 5.74) is -0.729. The molecule has 1 spiro atoms. The van der Waals surface area contributed by atoms with E-state index in [0.29, 0.717) is 25.9 Å². The van der Waals surface area contributed by atoms with Gasteiger partial charge in [0.05, 0.1) is 10.4 Å². The van der Waals surface area contributed by atoms with Gasteiger partial charge in [-0.1, -0.05) is 11.6 Å². The molecule has 12 heteroatoms. The molecular formula is C20H19ClF3N3O4S. The molecule has 2 fully saturated rings. The molecule has 7 nitrogen and oxygen atoms in total. The van der Waals surface area contributed by atoms with Crippen LogP contribution >= 0.6 is 11.6 Å². The van der Waals surface area contributed by atoms with Crippen molar-refractivity contribution in [2.24, 2.45) is 5.41 Å². The number of piperidine rings is 1. The molecule has 2 aliphatic heterocycles. The molecule has 1 N–H and O–H groups in total. The van der Waals surface area contributed by atoms with Gasteiger partial charge in [-0.25, -0.2) is 8.42 Å². The molecular weight excluding hydrogens is 471 g/mol. The third kappa shape index (κ3) is 4.16. The zero-order valence-corrected chi connectivity index (χ0v) is 18.2. The van der Waals surface area contributed by atoms with Crippen molar-refractivity contribution >= 4 is 33.0 Å². The summed E-state index contributed by atoms with van der Waals surface area (Å²) in [5, 5.41) is 1.87. The number of halogens is 4. The molecule has 1 amide bonds. The number of aromatic nitrogens is 1. The first kappa shape index (κ1) is 22.8. The molecule has 1 aromatic heterocycles. The third-order valence-electron chi connectivity index (χ3n) is 5.83. The normalized spacial score (nSPS) is 21.2. The first-order valence-corrected chi connectivity index (χ1v) is 11.7. The molecule has 32 heavy (non-hydrogen) atoms. The average molecular weight is 490 g/mol. The number of nitrogens with one attached hydrogen (secondary N) is 1. The molecule has 1 aromatic carbocycles. The fourth-order valence-corrected chi connectivity index (χ4v) is 6.58. The van der Waals surface area contributed by atoms with Gasteiger partial charge >= 0.3 is 6.36 Å². The van der Waals surface area contributed by atoms with Gasteiger partial charge in [-0.2, -0.15) is 0 Å². The van der Waals surface area contributed by atoms with E-state index in [1.807, 2.05) is 0 Å². The quantitative estimate of drug-likeness (QED) is 0.706. The van der Waals surface area contributed by atoms with Gasteiger partial charge in [0.2, 0.25) is 15.7 Å². The summed E-state index contributed by atoms with van der Waals surface area (Å²) in [7, 11) is -4.13. The van der Waals surface area contributed by atoms with Gasteiger partial charge < -0.3 is 10.1 Å². The van der Waals surface area contributed by atoms with Gasteiger partial charge in [-0.15, -0.1) is 13.2 Å². The van der Waals surface area contributed by atoms with Crippen molar-refractivity contribution in [1.29, 1.82) is 0 Å². The van der Waals surface area contributed by atoms with E-state index in [-0.39, 0.29) is 27.9 Å². The Bertz CT molecular complexity index is 1120. The third-order valence-corrected chi connectivity index (χ3v) is 8.31. The number of sulfone groups is 1. The Morgan fingerprint density at radius 2 is 1.81 bits per heavy atom. The molecule has 4 rings (SSSR count). The lowest BCUT2D eigenvalue weighted by Crippen LogP contribution is -2.43. The molecule has 2 saturated heterocycles. The number of nitrogens with zero attached hydrogens (tertiary/aromatic N) is 2. The number of hydrogen-bond donors (Lipinski definition) is 1. The second kappa shape index (κ2) is 8.20. The highest BCUT2D eigenvalue weighted by Gasteiger charge is 2.56. The van der Waals surface area contributed by atoms with E-state index in [4.69, 9.17) is 11.6 Å². The number of ether oxygens (including phenoxy) is 1. The molecule has 0 bridgehead atoms. The zero-order valence-electron chi connectivity index (χ0n) is 16.6. The molecule has 172 valence electrons. The molecule has 0 radical (unpaired) electrons. The Balaban J connectivity index is 1.77. The number of rotatable bonds is 4. The maximum atomic E-state index is 13.6. The first-order chi connectivity index (χ1) is 15.0. The molecule has 1 atom stereocenters. The highest BCUT2D eigenvalue weighted by atomic mass is 35.5. The van der Waals surface area contributed by atoms with E-state index in [1.165, 1.54) is 24.4 Å². The van der Waals surface area contributed by atoms with Crippen molar-refractivity contribution in [2.75, 3.05) is 18.0 Å². The van der Waals surface area contributed by atoms with Crippen LogP contribution in [0.2, 0.25) is 5.02 Å². The lowest BCUT2D eigenvalue weighted by Gasteiger charge is -2.31. The molecule has 0 aliphatic carbocycles. The van der Waals surface area contributed by atoms with Gasteiger partial charge in [-0.3, -0.25) is 14.7 Å². The van der Waals surface area contributed by atoms with Crippen LogP contribution in [0.4, 0.5) is 18.9 Å². The maximum absolute atomic E-state index is 13.6. The van der Waals surface area contributed by atoms with Gasteiger partial charge in [0.15, 0.2) is 0 Å². The number of pyridine rings is 1. The van der Waals surface area contributed by atoms with E-state index >= 15 is 0 Å². The zero-order chi connectivity index (χ0) is 23.1. The van der Waals surface area contributed by atoms with Crippen LogP contribution in [0.1, 0.15) is 19.3 Å². The van der Waals surface area contributed by atoms with Crippen molar-refractivity contribution in [3.05, 3.63) is 47.7 Å². The highest BCUT2D eigenvalue weighted by molar-refractivity contribution is 7.92. The van der Waals surface area contributed by atoms with Crippen LogP contribution in [0.15, 0.2) is 47.6 Å². The topological polar surface area (TPSA) is 88.6 Å². The molecule has 2 aliphatic rings. The summed E-state index contributed by atoms with van der Waals surface area (Å²) in [6, 6.07) is 5.92. The summed E-state index contributed by atoms with van der Waals surface area (Å²) < 4.78 is 68.5. The Morgan fingerprint density at radius 1 is 1.16 bits per heavy atom. The van der Waals surface area contributed by atoms with Gasteiger partial charge in [0.1, 0.15) is 16.0 Å². The molecule has 2 aromatic rings. The van der Waals surface area contributed by atoms with Crippen LogP contribution in [0.25, 0.3) is 0 Å². The van der Waals surface area contributed by atoms with Crippen molar-refractivity contribution in [2.45, 2.75) is 35.9 Å². The predicted octanol–water partition coefficient (Wildman–Crippen LogP) is 3.54. The second-order valence-electron chi connectivity index (χ2n) is 7.76. The number of hydrogen-bond acceptors (Lipinski definition) is 6. The van der Waals surface area contributed by atoms with E-state index in [0.717, 1.165) is 23.2 Å². The van der Waals surface area contributed by atoms with Crippen LogP contribution in [0.3, 0.4) is 0 Å². The second-order valence-corrected chi connectivity index (χ2v) is 10.2. The Kier molecular flexibility index (Phi) is 5.84. The van der Waals surface area contributed by atoms with Crippen LogP contribution in [-0.2, 0) is 14.6 Å². The number of alkyl halides is 3. The predicted molar refractivity (Wildman–Crippen MR) is 110 cm³/mol. The average Bonchev–Trinajstić information content (AvgIpc) is 3.01. The Morgan fingerprint density at radius 3 is 2.41 bits per heavy atom. The number of amides is 1. The molecule has 0 saturated carbocycles. The monoisotopic (exact) mass is 489 g/mol. The van der Waals surface area contributed by atoms with Crippen molar-refractivity contribution in [1.82, 2.24) is 10.3 Å². The maximum Gasteiger partial charge on any atom is 0.573 e. The van der Waals surface area contributed by atoms with Gasteiger partial charge in [-0.05, 0) is 62.7 Å². The van der Waals surface area contributed by atoms with E-state index < -0.39 is 32.7 Å². The molecule has 3 heterocycles. The highest BCUT2D eigenvalue weighted by Crippen LogP contribution is 2.48. The summed E-state index contributed by atoms with van der Waals surface area (Å²) in [6.07, 6.45) is -1.44. The van der Waals surface area contributed by atoms with E-state index in [1.54, 1.807) is 0 Å². The van der Waals surface area contributed by atoms with Crippen LogP contribution < -0.4 is 15.0 Å². The van der Waals surface area contributed by atoms with E-state index in [9.17, 15) is 26.4 Å². The lowest BCUT2D eigenvalue weighted by atomic mass is 9.77. The van der Waals surface area contributed by atoms with E-state index in [2.05, 4.69) is 15.0 Å². The van der Waals surface area contributed by atoms with Gasteiger partial charge in [0, 0.05) is 18.1 Å². The fraction of sp³-hybridized carbons (Fsp3) is 0.400. The minimum absolute atomic E-state index is 0.0208. The summed E-state index contributed by atoms with van der Waals surface area (Å²) in [5.74, 6) is -0.851.